The molecule has 0 saturated carbocycles. The van der Waals surface area contributed by atoms with E-state index in [4.69, 9.17) is 4.52 Å². The molecule has 1 aromatic heterocycles. The van der Waals surface area contributed by atoms with Crippen LogP contribution in [0.5, 0.6) is 0 Å². The number of aromatic nitrogens is 2. The molecule has 1 aromatic carbocycles. The van der Waals surface area contributed by atoms with Crippen LogP contribution in [0, 0.1) is 6.92 Å². The second-order valence-electron chi connectivity index (χ2n) is 7.37. The van der Waals surface area contributed by atoms with Crippen LogP contribution >= 0.6 is 0 Å². The van der Waals surface area contributed by atoms with Gasteiger partial charge in [0.25, 0.3) is 0 Å². The van der Waals surface area contributed by atoms with Gasteiger partial charge in [0.05, 0.1) is 0 Å². The third kappa shape index (κ3) is 3.96. The first-order chi connectivity index (χ1) is 14.0. The predicted octanol–water partition coefficient (Wildman–Crippen LogP) is 3.23. The molecule has 0 bridgehead atoms. The molecular weight excluding hydrogens is 372 g/mol. The van der Waals surface area contributed by atoms with Gasteiger partial charge in [0.1, 0.15) is 6.54 Å². The normalized spacial score (nSPS) is 17.3. The third-order valence-corrected chi connectivity index (χ3v) is 5.25. The van der Waals surface area contributed by atoms with Crippen molar-refractivity contribution in [1.29, 1.82) is 0 Å². The summed E-state index contributed by atoms with van der Waals surface area (Å²) < 4.78 is 5.19. The number of carbonyl (C=O) groups is 3. The number of aryl methyl sites for hydroxylation is 1. The van der Waals surface area contributed by atoms with E-state index >= 15 is 0 Å². The van der Waals surface area contributed by atoms with Gasteiger partial charge in [-0.15, -0.1) is 0 Å². The first-order valence-electron chi connectivity index (χ1n) is 9.78. The van der Waals surface area contributed by atoms with Gasteiger partial charge in [-0.05, 0) is 39.0 Å². The van der Waals surface area contributed by atoms with E-state index in [9.17, 15) is 14.4 Å². The number of nitrogens with zero attached hydrogens (tertiary/aromatic N) is 4. The quantitative estimate of drug-likeness (QED) is 0.424. The number of urea groups is 1. The molecule has 8 nitrogen and oxygen atoms in total. The van der Waals surface area contributed by atoms with Crippen LogP contribution in [0.25, 0.3) is 11.4 Å². The minimum atomic E-state index is -0.859. The molecule has 0 spiro atoms. The van der Waals surface area contributed by atoms with E-state index < -0.39 is 17.8 Å². The minimum Gasteiger partial charge on any atom is -0.337 e. The van der Waals surface area contributed by atoms with Gasteiger partial charge in [-0.3, -0.25) is 14.5 Å². The summed E-state index contributed by atoms with van der Waals surface area (Å²) in [4.78, 5) is 43.3. The number of carbonyl (C=O) groups excluding carboxylic acids is 3. The van der Waals surface area contributed by atoms with Crippen molar-refractivity contribution in [3.63, 3.8) is 0 Å². The van der Waals surface area contributed by atoms with Crippen molar-refractivity contribution >= 4 is 17.8 Å². The lowest BCUT2D eigenvalue weighted by atomic mass is 9.97. The second kappa shape index (κ2) is 7.98. The Bertz CT molecular complexity index is 977. The SMILES string of the molecule is Cc1ccc(-c2noc(CN3C(=O)C(=O)N(CCC4=CCCCC4)C3=O)n2)cc1. The van der Waals surface area contributed by atoms with Crippen molar-refractivity contribution < 1.29 is 18.9 Å². The maximum atomic E-state index is 12.6. The van der Waals surface area contributed by atoms with Crippen LogP contribution in [0.15, 0.2) is 40.4 Å². The van der Waals surface area contributed by atoms with Gasteiger partial charge in [0.2, 0.25) is 11.7 Å². The van der Waals surface area contributed by atoms with E-state index in [1.54, 1.807) is 0 Å². The molecule has 4 rings (SSSR count). The fraction of sp³-hybridized carbons (Fsp3) is 0.381. The Balaban J connectivity index is 1.43. The fourth-order valence-corrected chi connectivity index (χ4v) is 3.55. The lowest BCUT2D eigenvalue weighted by molar-refractivity contribution is -0.143. The molecule has 2 heterocycles. The summed E-state index contributed by atoms with van der Waals surface area (Å²) >= 11 is 0. The van der Waals surface area contributed by atoms with E-state index in [2.05, 4.69) is 16.2 Å². The molecule has 1 fully saturated rings. The highest BCUT2D eigenvalue weighted by Crippen LogP contribution is 2.23. The summed E-state index contributed by atoms with van der Waals surface area (Å²) in [5.41, 5.74) is 3.11. The number of benzene rings is 1. The number of imide groups is 2. The first-order valence-corrected chi connectivity index (χ1v) is 9.78. The summed E-state index contributed by atoms with van der Waals surface area (Å²) in [6, 6.07) is 6.95. The van der Waals surface area contributed by atoms with E-state index in [0.717, 1.165) is 40.2 Å². The second-order valence-corrected chi connectivity index (χ2v) is 7.37. The summed E-state index contributed by atoms with van der Waals surface area (Å²) in [6.07, 6.45) is 7.08. The standard InChI is InChI=1S/C21H22N4O4/c1-14-7-9-16(10-8-14)18-22-17(29-23-18)13-25-20(27)19(26)24(21(25)28)12-11-15-5-3-2-4-6-15/h5,7-10H,2-4,6,11-13H2,1H3. The Hall–Kier alpha value is -3.29. The largest absolute Gasteiger partial charge is 0.337 e. The maximum absolute atomic E-state index is 12.6. The van der Waals surface area contributed by atoms with Gasteiger partial charge in [-0.25, -0.2) is 9.69 Å². The van der Waals surface area contributed by atoms with Gasteiger partial charge >= 0.3 is 17.8 Å². The molecule has 29 heavy (non-hydrogen) atoms. The molecule has 150 valence electrons. The number of amides is 4. The first kappa shape index (κ1) is 19.0. The van der Waals surface area contributed by atoms with Crippen LogP contribution in [0.4, 0.5) is 4.79 Å². The average Bonchev–Trinajstić information content (AvgIpc) is 3.28. The molecule has 1 aliphatic carbocycles. The van der Waals surface area contributed by atoms with Crippen molar-refractivity contribution in [3.05, 3.63) is 47.4 Å². The highest BCUT2D eigenvalue weighted by molar-refractivity contribution is 6.44. The van der Waals surface area contributed by atoms with Gasteiger partial charge < -0.3 is 4.52 Å². The molecule has 2 aliphatic rings. The van der Waals surface area contributed by atoms with Gasteiger partial charge in [0, 0.05) is 12.1 Å². The summed E-state index contributed by atoms with van der Waals surface area (Å²) in [5, 5.41) is 3.90. The lowest BCUT2D eigenvalue weighted by Gasteiger charge is -2.17. The average molecular weight is 394 g/mol. The summed E-state index contributed by atoms with van der Waals surface area (Å²) in [7, 11) is 0. The molecule has 0 unspecified atom stereocenters. The zero-order valence-electron chi connectivity index (χ0n) is 16.3. The summed E-state index contributed by atoms with van der Waals surface area (Å²) in [5.74, 6) is -1.19. The molecule has 0 radical (unpaired) electrons. The Morgan fingerprint density at radius 2 is 1.79 bits per heavy atom. The molecule has 8 heteroatoms. The van der Waals surface area contributed by atoms with Crippen molar-refractivity contribution in [1.82, 2.24) is 19.9 Å². The monoisotopic (exact) mass is 394 g/mol. The topological polar surface area (TPSA) is 96.6 Å². The van der Waals surface area contributed by atoms with E-state index in [1.807, 2.05) is 31.2 Å². The minimum absolute atomic E-state index is 0.104. The molecule has 2 aromatic rings. The van der Waals surface area contributed by atoms with Crippen LogP contribution in [0.3, 0.4) is 0 Å². The van der Waals surface area contributed by atoms with Crippen LogP contribution in [-0.2, 0) is 16.1 Å². The molecule has 4 amide bonds. The molecule has 0 atom stereocenters. The van der Waals surface area contributed by atoms with Crippen LogP contribution in [0.2, 0.25) is 0 Å². The molecular formula is C21H22N4O4. The highest BCUT2D eigenvalue weighted by Gasteiger charge is 2.44. The van der Waals surface area contributed by atoms with Crippen LogP contribution in [-0.4, -0.2) is 44.3 Å². The third-order valence-electron chi connectivity index (χ3n) is 5.25. The Morgan fingerprint density at radius 1 is 1.03 bits per heavy atom. The Labute approximate surface area is 168 Å². The number of hydrogen-bond acceptors (Lipinski definition) is 6. The van der Waals surface area contributed by atoms with Crippen molar-refractivity contribution in [2.75, 3.05) is 6.54 Å². The van der Waals surface area contributed by atoms with Crippen molar-refractivity contribution in [3.8, 4) is 11.4 Å². The lowest BCUT2D eigenvalue weighted by Crippen LogP contribution is -2.34. The molecule has 1 aliphatic heterocycles. The Kier molecular flexibility index (Phi) is 5.24. The van der Waals surface area contributed by atoms with Crippen LogP contribution in [0.1, 0.15) is 43.6 Å². The van der Waals surface area contributed by atoms with E-state index in [0.29, 0.717) is 12.2 Å². The summed E-state index contributed by atoms with van der Waals surface area (Å²) in [6.45, 7) is 1.97. The molecule has 0 N–H and O–H groups in total. The number of hydrogen-bond donors (Lipinski definition) is 0. The van der Waals surface area contributed by atoms with E-state index in [1.165, 1.54) is 12.0 Å². The van der Waals surface area contributed by atoms with Gasteiger partial charge in [-0.1, -0.05) is 46.6 Å². The number of allylic oxidation sites excluding steroid dienone is 1. The zero-order chi connectivity index (χ0) is 20.4. The Morgan fingerprint density at radius 3 is 2.52 bits per heavy atom. The molecule has 1 saturated heterocycles. The maximum Gasteiger partial charge on any atom is 0.334 e. The van der Waals surface area contributed by atoms with E-state index in [-0.39, 0.29) is 19.0 Å². The fourth-order valence-electron chi connectivity index (χ4n) is 3.55. The van der Waals surface area contributed by atoms with Crippen LogP contribution < -0.4 is 0 Å². The smallest absolute Gasteiger partial charge is 0.334 e. The zero-order valence-corrected chi connectivity index (χ0v) is 16.3. The highest BCUT2D eigenvalue weighted by atomic mass is 16.5. The van der Waals surface area contributed by atoms with Gasteiger partial charge in [-0.2, -0.15) is 4.98 Å². The van der Waals surface area contributed by atoms with Gasteiger partial charge in [0.15, 0.2) is 0 Å². The van der Waals surface area contributed by atoms with Crippen molar-refractivity contribution in [2.45, 2.75) is 45.6 Å². The van der Waals surface area contributed by atoms with Crippen molar-refractivity contribution in [2.24, 2.45) is 0 Å². The number of rotatable bonds is 6. The predicted molar refractivity (Wildman–Crippen MR) is 103 cm³/mol.